The number of nitrogens with one attached hydrogen (secondary N) is 2. The Morgan fingerprint density at radius 2 is 1.50 bits per heavy atom. The van der Waals surface area contributed by atoms with E-state index in [1.54, 1.807) is 0 Å². The zero-order chi connectivity index (χ0) is 15.6. The fourth-order valence-electron chi connectivity index (χ4n) is 1.43. The first-order valence-corrected chi connectivity index (χ1v) is 7.42. The lowest BCUT2D eigenvalue weighted by atomic mass is 10.2. The third-order valence-electron chi connectivity index (χ3n) is 2.23. The standard InChI is InChI=1S/C15H32N2O3/c1-14(2,3)19-12-8-7-10-16-17-11-9-13(18)20-15(4,5)6/h16-17H,7-12H2,1-6H3. The zero-order valence-electron chi connectivity index (χ0n) is 14.0. The second-order valence-electron chi connectivity index (χ2n) is 6.86. The molecule has 0 heterocycles. The highest BCUT2D eigenvalue weighted by molar-refractivity contribution is 5.70. The van der Waals surface area contributed by atoms with E-state index < -0.39 is 5.60 Å². The van der Waals surface area contributed by atoms with Gasteiger partial charge in [-0.1, -0.05) is 0 Å². The molecule has 0 unspecified atom stereocenters. The van der Waals surface area contributed by atoms with Crippen molar-refractivity contribution < 1.29 is 14.3 Å². The molecule has 5 heteroatoms. The normalized spacial score (nSPS) is 12.5. The summed E-state index contributed by atoms with van der Waals surface area (Å²) in [5, 5.41) is 0. The first-order chi connectivity index (χ1) is 9.10. The average Bonchev–Trinajstić information content (AvgIpc) is 2.22. The molecule has 120 valence electrons. The molecule has 5 nitrogen and oxygen atoms in total. The molecule has 0 radical (unpaired) electrons. The van der Waals surface area contributed by atoms with E-state index in [-0.39, 0.29) is 11.6 Å². The van der Waals surface area contributed by atoms with Crippen molar-refractivity contribution in [3.63, 3.8) is 0 Å². The molecule has 0 aromatic carbocycles. The van der Waals surface area contributed by atoms with E-state index in [0.717, 1.165) is 26.0 Å². The molecule has 2 N–H and O–H groups in total. The molecule has 0 aromatic rings. The minimum atomic E-state index is -0.405. The Morgan fingerprint density at radius 1 is 0.900 bits per heavy atom. The van der Waals surface area contributed by atoms with Gasteiger partial charge in [0, 0.05) is 19.7 Å². The maximum Gasteiger partial charge on any atom is 0.307 e. The first kappa shape index (κ1) is 19.4. The van der Waals surface area contributed by atoms with E-state index in [1.165, 1.54) is 0 Å². The van der Waals surface area contributed by atoms with Crippen LogP contribution >= 0.6 is 0 Å². The largest absolute Gasteiger partial charge is 0.460 e. The van der Waals surface area contributed by atoms with Crippen LogP contribution in [0.15, 0.2) is 0 Å². The van der Waals surface area contributed by atoms with Crippen molar-refractivity contribution in [1.82, 2.24) is 10.9 Å². The quantitative estimate of drug-likeness (QED) is 0.387. The van der Waals surface area contributed by atoms with Gasteiger partial charge in [-0.2, -0.15) is 0 Å². The number of hydrazine groups is 1. The fraction of sp³-hybridized carbons (Fsp3) is 0.933. The number of rotatable bonds is 9. The fourth-order valence-corrected chi connectivity index (χ4v) is 1.43. The van der Waals surface area contributed by atoms with E-state index in [9.17, 15) is 4.79 Å². The van der Waals surface area contributed by atoms with Crippen LogP contribution in [0.25, 0.3) is 0 Å². The van der Waals surface area contributed by atoms with Gasteiger partial charge in [-0.05, 0) is 54.4 Å². The van der Waals surface area contributed by atoms with Gasteiger partial charge in [0.1, 0.15) is 5.60 Å². The van der Waals surface area contributed by atoms with Gasteiger partial charge in [-0.3, -0.25) is 15.6 Å². The summed E-state index contributed by atoms with van der Waals surface area (Å²) in [5.74, 6) is -0.176. The van der Waals surface area contributed by atoms with Crippen molar-refractivity contribution >= 4 is 5.97 Å². The molecule has 0 fully saturated rings. The molecule has 0 aromatic heterocycles. The number of hydrogen-bond acceptors (Lipinski definition) is 5. The van der Waals surface area contributed by atoms with Crippen molar-refractivity contribution in [2.24, 2.45) is 0 Å². The smallest absolute Gasteiger partial charge is 0.307 e. The number of esters is 1. The molecule has 0 spiro atoms. The Kier molecular flexibility index (Phi) is 9.01. The van der Waals surface area contributed by atoms with Gasteiger partial charge in [0.25, 0.3) is 0 Å². The van der Waals surface area contributed by atoms with E-state index >= 15 is 0 Å². The molecule has 0 bridgehead atoms. The monoisotopic (exact) mass is 288 g/mol. The summed E-state index contributed by atoms with van der Waals surface area (Å²) < 4.78 is 10.8. The van der Waals surface area contributed by atoms with E-state index in [0.29, 0.717) is 13.0 Å². The molecular formula is C15H32N2O3. The van der Waals surface area contributed by atoms with Gasteiger partial charge < -0.3 is 9.47 Å². The lowest BCUT2D eigenvalue weighted by Crippen LogP contribution is -2.35. The highest BCUT2D eigenvalue weighted by atomic mass is 16.6. The third kappa shape index (κ3) is 15.4. The van der Waals surface area contributed by atoms with Crippen LogP contribution in [-0.4, -0.2) is 36.9 Å². The van der Waals surface area contributed by atoms with Gasteiger partial charge in [0.2, 0.25) is 0 Å². The minimum absolute atomic E-state index is 0.0565. The molecule has 0 aliphatic carbocycles. The number of hydrogen-bond donors (Lipinski definition) is 2. The third-order valence-corrected chi connectivity index (χ3v) is 2.23. The minimum Gasteiger partial charge on any atom is -0.460 e. The van der Waals surface area contributed by atoms with Crippen LogP contribution in [0.1, 0.15) is 60.8 Å². The molecule has 0 rings (SSSR count). The highest BCUT2D eigenvalue weighted by Crippen LogP contribution is 2.08. The number of carbonyl (C=O) groups excluding carboxylic acids is 1. The van der Waals surface area contributed by atoms with Crippen LogP contribution in [0.2, 0.25) is 0 Å². The lowest BCUT2D eigenvalue weighted by Gasteiger charge is -2.19. The molecule has 0 aliphatic heterocycles. The van der Waals surface area contributed by atoms with Crippen LogP contribution in [0.4, 0.5) is 0 Å². The van der Waals surface area contributed by atoms with Gasteiger partial charge in [0.05, 0.1) is 12.0 Å². The summed E-state index contributed by atoms with van der Waals surface area (Å²) in [7, 11) is 0. The Labute approximate surface area is 123 Å². The predicted octanol–water partition coefficient (Wildman–Crippen LogP) is 2.41. The van der Waals surface area contributed by atoms with Crippen LogP contribution in [0, 0.1) is 0 Å². The van der Waals surface area contributed by atoms with Crippen LogP contribution in [0.5, 0.6) is 0 Å². The zero-order valence-corrected chi connectivity index (χ0v) is 14.0. The number of carbonyl (C=O) groups is 1. The summed E-state index contributed by atoms with van der Waals surface area (Å²) in [5.41, 5.74) is 5.64. The molecule has 0 saturated carbocycles. The van der Waals surface area contributed by atoms with Crippen LogP contribution < -0.4 is 10.9 Å². The second-order valence-corrected chi connectivity index (χ2v) is 6.86. The lowest BCUT2D eigenvalue weighted by molar-refractivity contribution is -0.154. The maximum absolute atomic E-state index is 11.4. The Hall–Kier alpha value is -0.650. The van der Waals surface area contributed by atoms with Crippen LogP contribution in [0.3, 0.4) is 0 Å². The van der Waals surface area contributed by atoms with Crippen molar-refractivity contribution in [2.45, 2.75) is 72.0 Å². The van der Waals surface area contributed by atoms with Crippen molar-refractivity contribution in [3.8, 4) is 0 Å². The van der Waals surface area contributed by atoms with E-state index in [1.807, 2.05) is 20.8 Å². The van der Waals surface area contributed by atoms with Gasteiger partial charge in [0.15, 0.2) is 0 Å². The van der Waals surface area contributed by atoms with E-state index in [2.05, 4.69) is 31.6 Å². The van der Waals surface area contributed by atoms with Crippen LogP contribution in [-0.2, 0) is 14.3 Å². The number of unbranched alkanes of at least 4 members (excludes halogenated alkanes) is 1. The summed E-state index contributed by atoms with van der Waals surface area (Å²) in [6.07, 6.45) is 2.44. The molecule has 0 aliphatic rings. The van der Waals surface area contributed by atoms with Gasteiger partial charge in [-0.15, -0.1) is 0 Å². The topological polar surface area (TPSA) is 59.6 Å². The highest BCUT2D eigenvalue weighted by Gasteiger charge is 2.15. The van der Waals surface area contributed by atoms with Gasteiger partial charge in [-0.25, -0.2) is 0 Å². The Morgan fingerprint density at radius 3 is 2.05 bits per heavy atom. The van der Waals surface area contributed by atoms with Crippen molar-refractivity contribution in [1.29, 1.82) is 0 Å². The summed E-state index contributed by atoms with van der Waals surface area (Å²) in [4.78, 5) is 11.4. The summed E-state index contributed by atoms with van der Waals surface area (Å²) in [6.45, 7) is 14.0. The molecule has 0 saturated heterocycles. The molecule has 0 atom stereocenters. The summed E-state index contributed by atoms with van der Waals surface area (Å²) in [6, 6.07) is 0. The van der Waals surface area contributed by atoms with E-state index in [4.69, 9.17) is 9.47 Å². The number of ether oxygens (including phenoxy) is 2. The Bertz CT molecular complexity index is 267. The Balaban J connectivity index is 3.31. The maximum atomic E-state index is 11.4. The summed E-state index contributed by atoms with van der Waals surface area (Å²) >= 11 is 0. The van der Waals surface area contributed by atoms with Gasteiger partial charge >= 0.3 is 5.97 Å². The van der Waals surface area contributed by atoms with Crippen molar-refractivity contribution in [3.05, 3.63) is 0 Å². The molecule has 20 heavy (non-hydrogen) atoms. The second kappa shape index (κ2) is 9.32. The molecule has 0 amide bonds. The molecular weight excluding hydrogens is 256 g/mol. The average molecular weight is 288 g/mol. The SMILES string of the molecule is CC(C)(C)OCCCCNNCCC(=O)OC(C)(C)C. The predicted molar refractivity (Wildman–Crippen MR) is 81.4 cm³/mol. The van der Waals surface area contributed by atoms with Crippen molar-refractivity contribution in [2.75, 3.05) is 19.7 Å². The first-order valence-electron chi connectivity index (χ1n) is 7.42.